The molecule has 1 aromatic rings. The van der Waals surface area contributed by atoms with Gasteiger partial charge in [0.1, 0.15) is 5.75 Å². The van der Waals surface area contributed by atoms with Crippen molar-refractivity contribution in [1.29, 1.82) is 0 Å². The zero-order chi connectivity index (χ0) is 13.4. The highest BCUT2D eigenvalue weighted by atomic mass is 16.5. The Hall–Kier alpha value is -1.55. The van der Waals surface area contributed by atoms with E-state index in [-0.39, 0.29) is 18.1 Å². The SMILES string of the molecule is CC1CN(C(=O)C2Cc3ccccc3O2)CCC1N. The van der Waals surface area contributed by atoms with Crippen molar-refractivity contribution in [3.8, 4) is 5.75 Å². The van der Waals surface area contributed by atoms with Gasteiger partial charge in [0, 0.05) is 25.6 Å². The van der Waals surface area contributed by atoms with Gasteiger partial charge in [0.15, 0.2) is 6.10 Å². The number of hydrogen-bond donors (Lipinski definition) is 1. The minimum absolute atomic E-state index is 0.106. The van der Waals surface area contributed by atoms with Crippen LogP contribution in [0.25, 0.3) is 0 Å². The lowest BCUT2D eigenvalue weighted by atomic mass is 9.94. The molecule has 4 heteroatoms. The number of rotatable bonds is 1. The second-order valence-corrected chi connectivity index (χ2v) is 5.63. The predicted octanol–water partition coefficient (Wildman–Crippen LogP) is 1.19. The number of piperidine rings is 1. The zero-order valence-electron chi connectivity index (χ0n) is 11.2. The van der Waals surface area contributed by atoms with E-state index in [1.54, 1.807) is 0 Å². The Morgan fingerprint density at radius 1 is 1.42 bits per heavy atom. The molecule has 0 radical (unpaired) electrons. The smallest absolute Gasteiger partial charge is 0.264 e. The molecule has 2 N–H and O–H groups in total. The van der Waals surface area contributed by atoms with E-state index in [0.29, 0.717) is 12.3 Å². The molecule has 0 saturated carbocycles. The zero-order valence-corrected chi connectivity index (χ0v) is 11.2. The lowest BCUT2D eigenvalue weighted by Gasteiger charge is -2.36. The first-order chi connectivity index (χ1) is 9.15. The van der Waals surface area contributed by atoms with Gasteiger partial charge in [0.25, 0.3) is 5.91 Å². The normalized spacial score (nSPS) is 29.8. The van der Waals surface area contributed by atoms with Crippen LogP contribution in [0.3, 0.4) is 0 Å². The highest BCUT2D eigenvalue weighted by molar-refractivity contribution is 5.82. The second-order valence-electron chi connectivity index (χ2n) is 5.63. The third-order valence-electron chi connectivity index (χ3n) is 4.21. The van der Waals surface area contributed by atoms with Crippen LogP contribution in [0.4, 0.5) is 0 Å². The van der Waals surface area contributed by atoms with Crippen molar-refractivity contribution in [2.75, 3.05) is 13.1 Å². The predicted molar refractivity (Wildman–Crippen MR) is 72.9 cm³/mol. The van der Waals surface area contributed by atoms with Crippen molar-refractivity contribution in [3.05, 3.63) is 29.8 Å². The number of benzene rings is 1. The summed E-state index contributed by atoms with van der Waals surface area (Å²) in [6.07, 6.45) is 1.22. The molecule has 0 aliphatic carbocycles. The van der Waals surface area contributed by atoms with Gasteiger partial charge < -0.3 is 15.4 Å². The quantitative estimate of drug-likeness (QED) is 0.825. The highest BCUT2D eigenvalue weighted by Gasteiger charge is 2.35. The minimum Gasteiger partial charge on any atom is -0.480 e. The highest BCUT2D eigenvalue weighted by Crippen LogP contribution is 2.29. The van der Waals surface area contributed by atoms with Gasteiger partial charge in [0.05, 0.1) is 0 Å². The second kappa shape index (κ2) is 4.85. The van der Waals surface area contributed by atoms with Gasteiger partial charge in [-0.05, 0) is 24.0 Å². The fraction of sp³-hybridized carbons (Fsp3) is 0.533. The molecule has 2 aliphatic heterocycles. The van der Waals surface area contributed by atoms with Gasteiger partial charge in [0.2, 0.25) is 0 Å². The van der Waals surface area contributed by atoms with Crippen LogP contribution in [-0.4, -0.2) is 36.0 Å². The molecule has 3 atom stereocenters. The van der Waals surface area contributed by atoms with Crippen molar-refractivity contribution in [3.63, 3.8) is 0 Å². The van der Waals surface area contributed by atoms with Gasteiger partial charge in [-0.2, -0.15) is 0 Å². The monoisotopic (exact) mass is 260 g/mol. The molecule has 19 heavy (non-hydrogen) atoms. The van der Waals surface area contributed by atoms with Crippen LogP contribution in [0.2, 0.25) is 0 Å². The molecule has 0 spiro atoms. The van der Waals surface area contributed by atoms with Crippen LogP contribution in [0.5, 0.6) is 5.75 Å². The van der Waals surface area contributed by atoms with E-state index < -0.39 is 0 Å². The molecule has 102 valence electrons. The first kappa shape index (κ1) is 12.5. The van der Waals surface area contributed by atoms with E-state index >= 15 is 0 Å². The number of likely N-dealkylation sites (tertiary alicyclic amines) is 1. The maximum Gasteiger partial charge on any atom is 0.264 e. The van der Waals surface area contributed by atoms with Crippen molar-refractivity contribution < 1.29 is 9.53 Å². The lowest BCUT2D eigenvalue weighted by Crippen LogP contribution is -2.51. The maximum atomic E-state index is 12.5. The molecule has 1 saturated heterocycles. The third-order valence-corrected chi connectivity index (χ3v) is 4.21. The summed E-state index contributed by atoms with van der Waals surface area (Å²) < 4.78 is 5.76. The Kier molecular flexibility index (Phi) is 3.19. The number of nitrogens with two attached hydrogens (primary N) is 1. The van der Waals surface area contributed by atoms with Crippen LogP contribution < -0.4 is 10.5 Å². The Morgan fingerprint density at radius 3 is 2.95 bits per heavy atom. The summed E-state index contributed by atoms with van der Waals surface area (Å²) in [5, 5.41) is 0. The van der Waals surface area contributed by atoms with E-state index in [1.807, 2.05) is 29.2 Å². The van der Waals surface area contributed by atoms with Gasteiger partial charge >= 0.3 is 0 Å². The molecule has 4 nitrogen and oxygen atoms in total. The summed E-state index contributed by atoms with van der Waals surface area (Å²) in [6, 6.07) is 8.09. The Bertz CT molecular complexity index is 464. The first-order valence-corrected chi connectivity index (χ1v) is 6.94. The fourth-order valence-electron chi connectivity index (χ4n) is 2.89. The summed E-state index contributed by atoms with van der Waals surface area (Å²) in [7, 11) is 0. The summed E-state index contributed by atoms with van der Waals surface area (Å²) >= 11 is 0. The van der Waals surface area contributed by atoms with Crippen molar-refractivity contribution >= 4 is 5.91 Å². The van der Waals surface area contributed by atoms with Crippen LogP contribution in [-0.2, 0) is 11.2 Å². The van der Waals surface area contributed by atoms with E-state index in [2.05, 4.69) is 6.92 Å². The van der Waals surface area contributed by atoms with E-state index in [9.17, 15) is 4.79 Å². The van der Waals surface area contributed by atoms with Crippen LogP contribution in [0, 0.1) is 5.92 Å². The van der Waals surface area contributed by atoms with Crippen LogP contribution in [0.15, 0.2) is 24.3 Å². The summed E-state index contributed by atoms with van der Waals surface area (Å²) in [6.45, 7) is 3.60. The molecule has 1 amide bonds. The Labute approximate surface area is 113 Å². The average Bonchev–Trinajstić information content (AvgIpc) is 2.85. The molecule has 3 unspecified atom stereocenters. The Morgan fingerprint density at radius 2 is 2.21 bits per heavy atom. The average molecular weight is 260 g/mol. The number of carbonyl (C=O) groups excluding carboxylic acids is 1. The molecule has 1 fully saturated rings. The largest absolute Gasteiger partial charge is 0.480 e. The lowest BCUT2D eigenvalue weighted by molar-refractivity contribution is -0.139. The first-order valence-electron chi connectivity index (χ1n) is 6.94. The van der Waals surface area contributed by atoms with Gasteiger partial charge in [-0.15, -0.1) is 0 Å². The molecular formula is C15H20N2O2. The number of amides is 1. The van der Waals surface area contributed by atoms with Gasteiger partial charge in [-0.1, -0.05) is 25.1 Å². The van der Waals surface area contributed by atoms with E-state index in [1.165, 1.54) is 0 Å². The number of para-hydroxylation sites is 1. The van der Waals surface area contributed by atoms with Gasteiger partial charge in [-0.25, -0.2) is 0 Å². The van der Waals surface area contributed by atoms with Gasteiger partial charge in [-0.3, -0.25) is 4.79 Å². The summed E-state index contributed by atoms with van der Waals surface area (Å²) in [5.41, 5.74) is 7.12. The maximum absolute atomic E-state index is 12.5. The topological polar surface area (TPSA) is 55.6 Å². The molecule has 3 rings (SSSR count). The molecule has 2 heterocycles. The molecule has 1 aromatic carbocycles. The summed E-state index contributed by atoms with van der Waals surface area (Å²) in [4.78, 5) is 14.4. The van der Waals surface area contributed by atoms with Crippen molar-refractivity contribution in [1.82, 2.24) is 4.90 Å². The molecule has 0 aromatic heterocycles. The number of carbonyl (C=O) groups is 1. The van der Waals surface area contributed by atoms with Crippen molar-refractivity contribution in [2.24, 2.45) is 11.7 Å². The van der Waals surface area contributed by atoms with E-state index in [0.717, 1.165) is 30.8 Å². The summed E-state index contributed by atoms with van der Waals surface area (Å²) in [5.74, 6) is 1.32. The fourth-order valence-corrected chi connectivity index (χ4v) is 2.89. The number of fused-ring (bicyclic) bond motifs is 1. The minimum atomic E-state index is -0.348. The van der Waals surface area contributed by atoms with Crippen LogP contribution in [0.1, 0.15) is 18.9 Å². The molecule has 2 aliphatic rings. The molecule has 0 bridgehead atoms. The third kappa shape index (κ3) is 2.32. The number of hydrogen-bond acceptors (Lipinski definition) is 3. The molecular weight excluding hydrogens is 240 g/mol. The van der Waals surface area contributed by atoms with Crippen molar-refractivity contribution in [2.45, 2.75) is 31.9 Å². The van der Waals surface area contributed by atoms with E-state index in [4.69, 9.17) is 10.5 Å². The number of ether oxygens (including phenoxy) is 1. The number of nitrogens with zero attached hydrogens (tertiary/aromatic N) is 1. The standard InChI is InChI=1S/C15H20N2O2/c1-10-9-17(7-6-12(10)16)15(18)14-8-11-4-2-3-5-13(11)19-14/h2-5,10,12,14H,6-9,16H2,1H3. The van der Waals surface area contributed by atoms with Crippen LogP contribution >= 0.6 is 0 Å². The Balaban J connectivity index is 1.67.